The van der Waals surface area contributed by atoms with Gasteiger partial charge in [0.2, 0.25) is 11.8 Å². The summed E-state index contributed by atoms with van der Waals surface area (Å²) >= 11 is 0. The van der Waals surface area contributed by atoms with Crippen LogP contribution in [0.15, 0.2) is 42.5 Å². The molecule has 2 N–H and O–H groups in total. The van der Waals surface area contributed by atoms with Gasteiger partial charge in [0.05, 0.1) is 12.3 Å². The molecule has 0 aliphatic heterocycles. The minimum Gasteiger partial charge on any atom is -0.494 e. The number of hydrogen-bond acceptors (Lipinski definition) is 4. The van der Waals surface area contributed by atoms with Crippen LogP contribution in [0.3, 0.4) is 0 Å². The number of benzene rings is 2. The molecule has 0 heterocycles. The van der Waals surface area contributed by atoms with Crippen molar-refractivity contribution < 1.29 is 23.5 Å². The fourth-order valence-electron chi connectivity index (χ4n) is 2.32. The van der Waals surface area contributed by atoms with E-state index in [0.29, 0.717) is 30.0 Å². The Hall–Kier alpha value is -3.22. The van der Waals surface area contributed by atoms with Crippen molar-refractivity contribution in [2.24, 2.45) is 0 Å². The molecule has 2 aromatic rings. The maximum atomic E-state index is 13.8. The second kappa shape index (κ2) is 9.47. The zero-order valence-electron chi connectivity index (χ0n) is 15.2. The van der Waals surface area contributed by atoms with Crippen molar-refractivity contribution in [3.63, 3.8) is 0 Å². The number of anilines is 2. The summed E-state index contributed by atoms with van der Waals surface area (Å²) in [5, 5.41) is 5.01. The third-order valence-corrected chi connectivity index (χ3v) is 3.64. The molecule has 0 fully saturated rings. The van der Waals surface area contributed by atoms with E-state index in [2.05, 4.69) is 10.6 Å². The Morgan fingerprint density at radius 3 is 2.33 bits per heavy atom. The molecule has 0 bridgehead atoms. The van der Waals surface area contributed by atoms with Crippen molar-refractivity contribution in [3.8, 4) is 5.75 Å². The molecule has 0 radical (unpaired) electrons. The summed E-state index contributed by atoms with van der Waals surface area (Å²) in [6, 6.07) is 10.7. The van der Waals surface area contributed by atoms with Gasteiger partial charge in [0, 0.05) is 24.6 Å². The number of ether oxygens (including phenoxy) is 1. The minimum absolute atomic E-state index is 0.00647. The lowest BCUT2D eigenvalue weighted by molar-refractivity contribution is -0.116. The summed E-state index contributed by atoms with van der Waals surface area (Å²) < 4.78 is 19.3. The minimum atomic E-state index is -0.584. The van der Waals surface area contributed by atoms with Crippen molar-refractivity contribution in [2.75, 3.05) is 17.2 Å². The van der Waals surface area contributed by atoms with Crippen LogP contribution in [-0.4, -0.2) is 24.2 Å². The zero-order valence-corrected chi connectivity index (χ0v) is 15.2. The van der Waals surface area contributed by atoms with Gasteiger partial charge in [0.1, 0.15) is 11.6 Å². The van der Waals surface area contributed by atoms with Crippen LogP contribution in [-0.2, 0) is 9.59 Å². The maximum Gasteiger partial charge on any atom is 0.224 e. The molecule has 0 spiro atoms. The van der Waals surface area contributed by atoms with Gasteiger partial charge in [-0.05, 0) is 55.8 Å². The van der Waals surface area contributed by atoms with Gasteiger partial charge < -0.3 is 15.4 Å². The number of carbonyl (C=O) groups is 3. The Kier molecular flexibility index (Phi) is 7.05. The quantitative estimate of drug-likeness (QED) is 0.545. The molecule has 0 saturated heterocycles. The van der Waals surface area contributed by atoms with E-state index in [4.69, 9.17) is 4.74 Å². The van der Waals surface area contributed by atoms with Crippen molar-refractivity contribution in [3.05, 3.63) is 53.8 Å². The highest BCUT2D eigenvalue weighted by Crippen LogP contribution is 2.20. The summed E-state index contributed by atoms with van der Waals surface area (Å²) in [5.74, 6) is -0.640. The summed E-state index contributed by atoms with van der Waals surface area (Å²) in [7, 11) is 0. The van der Waals surface area contributed by atoms with E-state index in [9.17, 15) is 18.8 Å². The Morgan fingerprint density at radius 1 is 1.00 bits per heavy atom. The van der Waals surface area contributed by atoms with Crippen LogP contribution in [0.4, 0.5) is 15.8 Å². The Balaban J connectivity index is 1.79. The van der Waals surface area contributed by atoms with Gasteiger partial charge in [0.25, 0.3) is 0 Å². The molecule has 2 rings (SSSR count). The van der Waals surface area contributed by atoms with Gasteiger partial charge in [-0.15, -0.1) is 0 Å². The monoisotopic (exact) mass is 372 g/mol. The van der Waals surface area contributed by atoms with Crippen molar-refractivity contribution in [2.45, 2.75) is 26.7 Å². The molecule has 0 saturated carbocycles. The number of hydrogen-bond donors (Lipinski definition) is 2. The summed E-state index contributed by atoms with van der Waals surface area (Å²) in [5.41, 5.74) is 1.01. The van der Waals surface area contributed by atoms with E-state index in [1.165, 1.54) is 32.0 Å². The summed E-state index contributed by atoms with van der Waals surface area (Å²) in [6.07, 6.45) is 0.586. The topological polar surface area (TPSA) is 84.5 Å². The van der Waals surface area contributed by atoms with Crippen LogP contribution >= 0.6 is 0 Å². The van der Waals surface area contributed by atoms with Gasteiger partial charge in [-0.2, -0.15) is 0 Å². The van der Waals surface area contributed by atoms with Crippen LogP contribution < -0.4 is 15.4 Å². The molecule has 0 aliphatic rings. The van der Waals surface area contributed by atoms with Gasteiger partial charge in [-0.1, -0.05) is 0 Å². The van der Waals surface area contributed by atoms with Crippen molar-refractivity contribution >= 4 is 29.0 Å². The van der Waals surface area contributed by atoms with E-state index >= 15 is 0 Å². The van der Waals surface area contributed by atoms with Crippen LogP contribution in [0, 0.1) is 5.82 Å². The molecule has 0 atom stereocenters. The number of nitrogens with one attached hydrogen (secondary N) is 2. The van der Waals surface area contributed by atoms with Crippen molar-refractivity contribution in [1.82, 2.24) is 0 Å². The first-order valence-corrected chi connectivity index (χ1v) is 8.46. The molecular formula is C20H21FN2O4. The first-order valence-electron chi connectivity index (χ1n) is 8.46. The van der Waals surface area contributed by atoms with Crippen LogP contribution in [0.25, 0.3) is 0 Å². The highest BCUT2D eigenvalue weighted by atomic mass is 19.1. The van der Waals surface area contributed by atoms with Crippen molar-refractivity contribution in [1.29, 1.82) is 0 Å². The third kappa shape index (κ3) is 6.54. The molecule has 0 unspecified atom stereocenters. The Bertz CT molecular complexity index is 834. The molecule has 0 aliphatic carbocycles. The lowest BCUT2D eigenvalue weighted by Crippen LogP contribution is -2.14. The van der Waals surface area contributed by atoms with E-state index in [1.54, 1.807) is 24.3 Å². The zero-order chi connectivity index (χ0) is 19.8. The first kappa shape index (κ1) is 20.1. The molecule has 6 nitrogen and oxygen atoms in total. The highest BCUT2D eigenvalue weighted by Gasteiger charge is 2.09. The van der Waals surface area contributed by atoms with Gasteiger partial charge in [0.15, 0.2) is 5.78 Å². The predicted octanol–water partition coefficient (Wildman–Crippen LogP) is 3.78. The molecule has 7 heteroatoms. The van der Waals surface area contributed by atoms with Gasteiger partial charge in [-0.25, -0.2) is 4.39 Å². The second-order valence-electron chi connectivity index (χ2n) is 5.96. The SMILES string of the molecule is CC(=O)Nc1ccc(F)c(NC(=O)CCCOc2ccc(C(C)=O)cc2)c1. The van der Waals surface area contributed by atoms with E-state index in [-0.39, 0.29) is 29.7 Å². The van der Waals surface area contributed by atoms with E-state index < -0.39 is 5.82 Å². The summed E-state index contributed by atoms with van der Waals surface area (Å²) in [6.45, 7) is 3.14. The molecule has 0 aromatic heterocycles. The smallest absolute Gasteiger partial charge is 0.224 e. The number of halogens is 1. The Morgan fingerprint density at radius 2 is 1.70 bits per heavy atom. The normalized spacial score (nSPS) is 10.2. The molecule has 142 valence electrons. The second-order valence-corrected chi connectivity index (χ2v) is 5.96. The summed E-state index contributed by atoms with van der Waals surface area (Å²) in [4.78, 5) is 34.2. The average molecular weight is 372 g/mol. The lowest BCUT2D eigenvalue weighted by atomic mass is 10.1. The predicted molar refractivity (Wildman–Crippen MR) is 101 cm³/mol. The van der Waals surface area contributed by atoms with E-state index in [1.807, 2.05) is 0 Å². The standard InChI is InChI=1S/C20H21FN2O4/c1-13(24)15-5-8-17(9-6-15)27-11-3-4-20(26)23-19-12-16(22-14(2)25)7-10-18(19)21/h5-10,12H,3-4,11H2,1-2H3,(H,22,25)(H,23,26). The number of Topliss-reactive ketones (excluding diaryl/α,β-unsaturated/α-hetero) is 1. The first-order chi connectivity index (χ1) is 12.8. The van der Waals surface area contributed by atoms with Crippen LogP contribution in [0.2, 0.25) is 0 Å². The molecule has 2 amide bonds. The molecule has 27 heavy (non-hydrogen) atoms. The number of carbonyl (C=O) groups excluding carboxylic acids is 3. The fraction of sp³-hybridized carbons (Fsp3) is 0.250. The highest BCUT2D eigenvalue weighted by molar-refractivity contribution is 5.94. The fourth-order valence-corrected chi connectivity index (χ4v) is 2.32. The third-order valence-electron chi connectivity index (χ3n) is 3.64. The van der Waals surface area contributed by atoms with E-state index in [0.717, 1.165) is 0 Å². The number of rotatable bonds is 8. The van der Waals surface area contributed by atoms with Crippen LogP contribution in [0.1, 0.15) is 37.0 Å². The molecule has 2 aromatic carbocycles. The number of ketones is 1. The van der Waals surface area contributed by atoms with Crippen LogP contribution in [0.5, 0.6) is 5.75 Å². The van der Waals surface area contributed by atoms with Gasteiger partial charge in [-0.3, -0.25) is 14.4 Å². The Labute approximate surface area is 156 Å². The maximum absolute atomic E-state index is 13.8. The number of amides is 2. The van der Waals surface area contributed by atoms with Gasteiger partial charge >= 0.3 is 0 Å². The average Bonchev–Trinajstić information content (AvgIpc) is 2.61. The largest absolute Gasteiger partial charge is 0.494 e. The lowest BCUT2D eigenvalue weighted by Gasteiger charge is -2.10. The molecular weight excluding hydrogens is 351 g/mol.